The maximum absolute atomic E-state index is 6.16. The van der Waals surface area contributed by atoms with Crippen LogP contribution in [0.15, 0.2) is 133 Å². The van der Waals surface area contributed by atoms with E-state index in [0.717, 1.165) is 87.3 Å². The van der Waals surface area contributed by atoms with Crippen molar-refractivity contribution in [1.82, 2.24) is 0 Å². The number of terminal acetylenes is 2. The van der Waals surface area contributed by atoms with Gasteiger partial charge in [-0.1, -0.05) is 72.5 Å². The Morgan fingerprint density at radius 2 is 0.887 bits per heavy atom. The van der Waals surface area contributed by atoms with Crippen LogP contribution in [0.1, 0.15) is 22.3 Å². The van der Waals surface area contributed by atoms with E-state index in [2.05, 4.69) is 131 Å². The van der Waals surface area contributed by atoms with Gasteiger partial charge in [-0.3, -0.25) is 0 Å². The molecule has 0 aliphatic carbocycles. The summed E-state index contributed by atoms with van der Waals surface area (Å²) in [4.78, 5) is 4.52. The zero-order valence-corrected chi connectivity index (χ0v) is 29.3. The van der Waals surface area contributed by atoms with Crippen molar-refractivity contribution in [2.24, 2.45) is 0 Å². The summed E-state index contributed by atoms with van der Waals surface area (Å²) in [6.07, 6.45) is 11.5. The number of nitrogens with zero attached hydrogens (tertiary/aromatic N) is 2. The normalized spacial score (nSPS) is 13.0. The Morgan fingerprint density at radius 1 is 0.491 bits per heavy atom. The number of anilines is 2. The van der Waals surface area contributed by atoms with Gasteiger partial charge in [0.25, 0.3) is 0 Å². The van der Waals surface area contributed by atoms with Gasteiger partial charge in [-0.25, -0.2) is 0 Å². The summed E-state index contributed by atoms with van der Waals surface area (Å²) < 4.78 is 23.4. The van der Waals surface area contributed by atoms with E-state index in [-0.39, 0.29) is 13.2 Å². The fourth-order valence-corrected chi connectivity index (χ4v) is 6.80. The molecule has 8 rings (SSSR count). The van der Waals surface area contributed by atoms with E-state index in [4.69, 9.17) is 31.8 Å². The maximum Gasteiger partial charge on any atom is 0.161 e. The van der Waals surface area contributed by atoms with Crippen LogP contribution in [-0.4, -0.2) is 26.7 Å². The Bertz CT molecular complexity index is 2120. The van der Waals surface area contributed by atoms with E-state index in [0.29, 0.717) is 13.5 Å². The molecule has 6 aromatic rings. The molecule has 2 aliphatic heterocycles. The molecule has 0 fully saturated rings. The number of benzene rings is 6. The molecule has 6 nitrogen and oxygen atoms in total. The molecule has 0 atom stereocenters. The van der Waals surface area contributed by atoms with Crippen molar-refractivity contribution in [2.45, 2.75) is 19.5 Å². The minimum atomic E-state index is 0.260. The lowest BCUT2D eigenvalue weighted by Gasteiger charge is -2.31. The fourth-order valence-electron chi connectivity index (χ4n) is 6.80. The Balaban J connectivity index is 0.880. The van der Waals surface area contributed by atoms with E-state index in [9.17, 15) is 0 Å². The molecule has 0 bridgehead atoms. The number of ether oxygens (including phenoxy) is 4. The zero-order chi connectivity index (χ0) is 36.0. The van der Waals surface area contributed by atoms with E-state index in [1.54, 1.807) is 0 Å². The van der Waals surface area contributed by atoms with Gasteiger partial charge in [-0.05, 0) is 113 Å². The molecule has 0 aromatic heterocycles. The molecule has 2 heterocycles. The van der Waals surface area contributed by atoms with Gasteiger partial charge in [0.1, 0.15) is 36.2 Å². The monoisotopic (exact) mass is 694 g/mol. The summed E-state index contributed by atoms with van der Waals surface area (Å²) in [5.74, 6) is 8.39. The molecule has 0 spiro atoms. The van der Waals surface area contributed by atoms with Crippen LogP contribution in [0.4, 0.5) is 11.4 Å². The second-order valence-corrected chi connectivity index (χ2v) is 13.1. The lowest BCUT2D eigenvalue weighted by atomic mass is 10.0. The second kappa shape index (κ2) is 15.2. The van der Waals surface area contributed by atoms with Crippen molar-refractivity contribution in [1.29, 1.82) is 0 Å². The summed E-state index contributed by atoms with van der Waals surface area (Å²) in [5.41, 5.74) is 11.6. The minimum absolute atomic E-state index is 0.260. The van der Waals surface area contributed by atoms with Crippen molar-refractivity contribution in [2.75, 3.05) is 36.5 Å². The van der Waals surface area contributed by atoms with Crippen LogP contribution in [0, 0.1) is 24.7 Å². The first-order valence-corrected chi connectivity index (χ1v) is 17.6. The Labute approximate surface area is 311 Å². The summed E-state index contributed by atoms with van der Waals surface area (Å²) in [7, 11) is 0. The van der Waals surface area contributed by atoms with Crippen molar-refractivity contribution in [3.8, 4) is 69.9 Å². The van der Waals surface area contributed by atoms with Gasteiger partial charge in [0.2, 0.25) is 0 Å². The molecular formula is C47H38N2O4. The molecule has 53 heavy (non-hydrogen) atoms. The molecule has 0 saturated heterocycles. The molecule has 0 amide bonds. The highest BCUT2D eigenvalue weighted by atomic mass is 16.5. The molecule has 0 N–H and O–H groups in total. The van der Waals surface area contributed by atoms with Crippen LogP contribution in [0.3, 0.4) is 0 Å². The third-order valence-electron chi connectivity index (χ3n) is 9.63. The van der Waals surface area contributed by atoms with E-state index < -0.39 is 0 Å². The summed E-state index contributed by atoms with van der Waals surface area (Å²) >= 11 is 0. The highest BCUT2D eigenvalue weighted by molar-refractivity contribution is 5.68. The van der Waals surface area contributed by atoms with Crippen LogP contribution >= 0.6 is 0 Å². The van der Waals surface area contributed by atoms with E-state index in [1.165, 1.54) is 11.1 Å². The lowest BCUT2D eigenvalue weighted by molar-refractivity contribution is 0.289. The molecule has 6 heteroatoms. The van der Waals surface area contributed by atoms with Gasteiger partial charge < -0.3 is 28.7 Å². The summed E-state index contributed by atoms with van der Waals surface area (Å²) in [5, 5.41) is 0. The molecule has 0 radical (unpaired) electrons. The quantitative estimate of drug-likeness (QED) is 0.133. The van der Waals surface area contributed by atoms with Gasteiger partial charge in [0.05, 0.1) is 0 Å². The average molecular weight is 695 g/mol. The minimum Gasteiger partial charge on any atom is -0.481 e. The number of fused-ring (bicyclic) bond motifs is 2. The lowest BCUT2D eigenvalue weighted by Crippen LogP contribution is -2.31. The zero-order valence-electron chi connectivity index (χ0n) is 29.3. The average Bonchev–Trinajstić information content (AvgIpc) is 3.22. The van der Waals surface area contributed by atoms with Crippen molar-refractivity contribution in [3.05, 3.63) is 156 Å². The van der Waals surface area contributed by atoms with Gasteiger partial charge in [0.15, 0.2) is 13.5 Å². The van der Waals surface area contributed by atoms with Gasteiger partial charge in [0, 0.05) is 35.6 Å². The van der Waals surface area contributed by atoms with E-state index in [1.807, 2.05) is 24.3 Å². The molecule has 260 valence electrons. The van der Waals surface area contributed by atoms with E-state index >= 15 is 0 Å². The number of rotatable bonds is 10. The van der Waals surface area contributed by atoms with Gasteiger partial charge >= 0.3 is 0 Å². The highest BCUT2D eigenvalue weighted by Crippen LogP contribution is 2.35. The Kier molecular flexibility index (Phi) is 9.60. The van der Waals surface area contributed by atoms with Gasteiger partial charge in [-0.2, -0.15) is 0 Å². The SMILES string of the molecule is C#CCOc1ccc(-c2ccc3c(c2)CN(c2ccc(Cc4ccc(N5COc6ccc(-c7ccc(OCC#C)cc7)cc6C5)cc4)cc2)CO3)cc1. The summed E-state index contributed by atoms with van der Waals surface area (Å²) in [6.45, 7) is 3.09. The Morgan fingerprint density at radius 3 is 1.28 bits per heavy atom. The number of hydrogen-bond acceptors (Lipinski definition) is 6. The standard InChI is InChI=1S/C47H38N2O4/c1-3-25-50-44-19-9-36(10-20-44)38-13-23-46-40(28-38)30-48(32-52-46)42-15-5-34(6-16-42)27-35-7-17-43(18-8-35)49-31-41-29-39(14-24-47(41)53-33-49)37-11-21-45(22-12-37)51-26-4-2/h1-2,5-24,28-29H,25-27,30-33H2. The fraction of sp³-hybridized carbons (Fsp3) is 0.149. The number of hydrogen-bond donors (Lipinski definition) is 0. The highest BCUT2D eigenvalue weighted by Gasteiger charge is 2.20. The van der Waals surface area contributed by atoms with Crippen molar-refractivity contribution >= 4 is 11.4 Å². The van der Waals surface area contributed by atoms with Crippen LogP contribution in [0.5, 0.6) is 23.0 Å². The Hall–Kier alpha value is -6.76. The third-order valence-corrected chi connectivity index (χ3v) is 9.63. The van der Waals surface area contributed by atoms with Crippen LogP contribution in [0.25, 0.3) is 22.3 Å². The first kappa shape index (κ1) is 33.4. The summed E-state index contributed by atoms with van der Waals surface area (Å²) in [6, 6.07) is 46.4. The van der Waals surface area contributed by atoms with Gasteiger partial charge in [-0.15, -0.1) is 12.8 Å². The molecular weight excluding hydrogens is 657 g/mol. The third kappa shape index (κ3) is 7.64. The van der Waals surface area contributed by atoms with Crippen LogP contribution < -0.4 is 28.7 Å². The molecule has 2 aliphatic rings. The first-order chi connectivity index (χ1) is 26.1. The van der Waals surface area contributed by atoms with Crippen LogP contribution in [-0.2, 0) is 19.5 Å². The van der Waals surface area contributed by atoms with Crippen molar-refractivity contribution in [3.63, 3.8) is 0 Å². The first-order valence-electron chi connectivity index (χ1n) is 17.6. The largest absolute Gasteiger partial charge is 0.481 e. The van der Waals surface area contributed by atoms with Crippen LogP contribution in [0.2, 0.25) is 0 Å². The predicted molar refractivity (Wildman–Crippen MR) is 211 cm³/mol. The smallest absolute Gasteiger partial charge is 0.161 e. The molecule has 0 unspecified atom stereocenters. The predicted octanol–water partition coefficient (Wildman–Crippen LogP) is 9.35. The molecule has 0 saturated carbocycles. The molecule has 6 aromatic carbocycles. The maximum atomic E-state index is 6.16. The van der Waals surface area contributed by atoms with Crippen molar-refractivity contribution < 1.29 is 18.9 Å². The topological polar surface area (TPSA) is 43.4 Å². The second-order valence-electron chi connectivity index (χ2n) is 13.1.